The molecule has 0 fully saturated rings. The van der Waals surface area contributed by atoms with Crippen LogP contribution in [-0.4, -0.2) is 33.6 Å². The van der Waals surface area contributed by atoms with E-state index < -0.39 is 0 Å². The number of rotatable bonds is 7. The molecule has 0 aromatic carbocycles. The normalized spacial score (nSPS) is 11.8. The fourth-order valence-corrected chi connectivity index (χ4v) is 3.04. The van der Waals surface area contributed by atoms with Gasteiger partial charge in [0.05, 0.1) is 6.54 Å². The maximum absolute atomic E-state index is 4.61. The average molecular weight is 342 g/mol. The summed E-state index contributed by atoms with van der Waals surface area (Å²) in [6, 6.07) is 10.1. The molecule has 24 heavy (non-hydrogen) atoms. The van der Waals surface area contributed by atoms with Crippen molar-refractivity contribution in [2.24, 2.45) is 4.99 Å². The van der Waals surface area contributed by atoms with E-state index in [0.717, 1.165) is 43.4 Å². The van der Waals surface area contributed by atoms with Gasteiger partial charge < -0.3 is 10.6 Å². The molecule has 0 aliphatic rings. The molecule has 126 valence electrons. The molecule has 0 unspecified atom stereocenters. The Morgan fingerprint density at radius 3 is 3.00 bits per heavy atom. The highest BCUT2D eigenvalue weighted by atomic mass is 32.1. The summed E-state index contributed by atoms with van der Waals surface area (Å²) >= 11 is 1.73. The molecule has 2 N–H and O–H groups in total. The van der Waals surface area contributed by atoms with Crippen molar-refractivity contribution in [2.45, 2.75) is 26.3 Å². The molecule has 3 rings (SSSR count). The van der Waals surface area contributed by atoms with Crippen molar-refractivity contribution in [3.63, 3.8) is 0 Å². The van der Waals surface area contributed by atoms with Gasteiger partial charge >= 0.3 is 0 Å². The van der Waals surface area contributed by atoms with Crippen LogP contribution in [0.4, 0.5) is 0 Å². The summed E-state index contributed by atoms with van der Waals surface area (Å²) in [7, 11) is 0. The number of nitrogens with one attached hydrogen (secondary N) is 2. The Hall–Kier alpha value is -2.41. The molecule has 0 saturated heterocycles. The molecule has 6 nitrogen and oxygen atoms in total. The molecule has 7 heteroatoms. The number of aromatic nitrogens is 3. The molecular formula is C17H22N6S. The van der Waals surface area contributed by atoms with Crippen LogP contribution < -0.4 is 10.6 Å². The van der Waals surface area contributed by atoms with Crippen molar-refractivity contribution in [3.05, 3.63) is 52.6 Å². The minimum absolute atomic E-state index is 0.710. The van der Waals surface area contributed by atoms with Gasteiger partial charge in [0, 0.05) is 30.6 Å². The molecule has 0 radical (unpaired) electrons. The van der Waals surface area contributed by atoms with E-state index in [4.69, 9.17) is 0 Å². The van der Waals surface area contributed by atoms with Gasteiger partial charge in [-0.05, 0) is 36.9 Å². The minimum atomic E-state index is 0.710. The van der Waals surface area contributed by atoms with Crippen molar-refractivity contribution in [1.82, 2.24) is 25.2 Å². The highest BCUT2D eigenvalue weighted by Crippen LogP contribution is 2.09. The zero-order valence-corrected chi connectivity index (χ0v) is 14.6. The Balaban J connectivity index is 1.49. The standard InChI is InChI=1S/C17H22N6S/c1-2-18-17(20-13-14-7-6-12-24-14)19-10-5-9-16-22-21-15-8-3-4-11-23(15)16/h3-4,6-8,11-12H,2,5,9-10,13H2,1H3,(H2,18,19,20). The molecule has 3 aromatic heterocycles. The van der Waals surface area contributed by atoms with Crippen molar-refractivity contribution >= 4 is 22.9 Å². The Kier molecular flexibility index (Phi) is 5.79. The van der Waals surface area contributed by atoms with Crippen molar-refractivity contribution < 1.29 is 0 Å². The molecule has 3 aromatic rings. The van der Waals surface area contributed by atoms with Crippen LogP contribution in [0.25, 0.3) is 5.65 Å². The second kappa shape index (κ2) is 8.44. The quantitative estimate of drug-likeness (QED) is 0.393. The summed E-state index contributed by atoms with van der Waals surface area (Å²) in [6.07, 6.45) is 3.85. The first-order valence-electron chi connectivity index (χ1n) is 8.20. The summed E-state index contributed by atoms with van der Waals surface area (Å²) in [4.78, 5) is 5.88. The van der Waals surface area contributed by atoms with Crippen LogP contribution in [0.2, 0.25) is 0 Å². The maximum Gasteiger partial charge on any atom is 0.191 e. The molecule has 0 amide bonds. The van der Waals surface area contributed by atoms with E-state index in [9.17, 15) is 0 Å². The van der Waals surface area contributed by atoms with E-state index in [1.807, 2.05) is 28.8 Å². The third-order valence-corrected chi connectivity index (χ3v) is 4.43. The zero-order valence-electron chi connectivity index (χ0n) is 13.8. The highest BCUT2D eigenvalue weighted by Gasteiger charge is 2.04. The third kappa shape index (κ3) is 4.32. The molecule has 0 saturated carbocycles. The number of fused-ring (bicyclic) bond motifs is 1. The third-order valence-electron chi connectivity index (χ3n) is 3.57. The minimum Gasteiger partial charge on any atom is -0.357 e. The first kappa shape index (κ1) is 16.4. The highest BCUT2D eigenvalue weighted by molar-refractivity contribution is 7.09. The number of thiophene rings is 1. The Labute approximate surface area is 145 Å². The summed E-state index contributed by atoms with van der Waals surface area (Å²) < 4.78 is 2.04. The van der Waals surface area contributed by atoms with Gasteiger partial charge in [-0.15, -0.1) is 21.5 Å². The van der Waals surface area contributed by atoms with Crippen LogP contribution in [0.5, 0.6) is 0 Å². The molecule has 0 bridgehead atoms. The monoisotopic (exact) mass is 342 g/mol. The van der Waals surface area contributed by atoms with Gasteiger partial charge in [-0.3, -0.25) is 4.40 Å². The van der Waals surface area contributed by atoms with E-state index in [2.05, 4.69) is 50.3 Å². The first-order chi connectivity index (χ1) is 11.9. The predicted molar refractivity (Wildman–Crippen MR) is 98.4 cm³/mol. The number of hydrogen-bond acceptors (Lipinski definition) is 4. The predicted octanol–water partition coefficient (Wildman–Crippen LogP) is 2.48. The van der Waals surface area contributed by atoms with Crippen molar-refractivity contribution in [2.75, 3.05) is 13.1 Å². The summed E-state index contributed by atoms with van der Waals surface area (Å²) in [5.74, 6) is 1.85. The molecular weight excluding hydrogens is 320 g/mol. The van der Waals surface area contributed by atoms with Crippen molar-refractivity contribution in [3.8, 4) is 0 Å². The fraction of sp³-hybridized carbons (Fsp3) is 0.353. The lowest BCUT2D eigenvalue weighted by Crippen LogP contribution is -2.37. The number of hydrogen-bond donors (Lipinski definition) is 2. The number of nitrogens with zero attached hydrogens (tertiary/aromatic N) is 4. The molecule has 0 atom stereocenters. The Morgan fingerprint density at radius 1 is 1.21 bits per heavy atom. The smallest absolute Gasteiger partial charge is 0.191 e. The van der Waals surface area contributed by atoms with E-state index in [0.29, 0.717) is 6.54 Å². The lowest BCUT2D eigenvalue weighted by Gasteiger charge is -2.10. The summed E-state index contributed by atoms with van der Waals surface area (Å²) in [5.41, 5.74) is 0.895. The molecule has 3 heterocycles. The topological polar surface area (TPSA) is 66.6 Å². The van der Waals surface area contributed by atoms with E-state index in [-0.39, 0.29) is 0 Å². The van der Waals surface area contributed by atoms with Crippen LogP contribution in [0.15, 0.2) is 46.9 Å². The van der Waals surface area contributed by atoms with Gasteiger partial charge in [0.1, 0.15) is 5.82 Å². The molecule has 0 aliphatic heterocycles. The lowest BCUT2D eigenvalue weighted by atomic mass is 10.3. The molecule has 0 aliphatic carbocycles. The van der Waals surface area contributed by atoms with Gasteiger partial charge in [-0.25, -0.2) is 4.99 Å². The van der Waals surface area contributed by atoms with E-state index in [1.54, 1.807) is 11.3 Å². The SMILES string of the molecule is CCNC(=NCc1cccs1)NCCCc1nnc2ccccn12. The fourth-order valence-electron chi connectivity index (χ4n) is 2.42. The summed E-state index contributed by atoms with van der Waals surface area (Å²) in [6.45, 7) is 4.48. The van der Waals surface area contributed by atoms with Gasteiger partial charge in [-0.1, -0.05) is 12.1 Å². The van der Waals surface area contributed by atoms with Crippen LogP contribution in [0.3, 0.4) is 0 Å². The van der Waals surface area contributed by atoms with Gasteiger partial charge in [0.25, 0.3) is 0 Å². The number of pyridine rings is 1. The molecule has 0 spiro atoms. The number of aryl methyl sites for hydroxylation is 1. The van der Waals surface area contributed by atoms with Gasteiger partial charge in [0.2, 0.25) is 0 Å². The van der Waals surface area contributed by atoms with Crippen LogP contribution in [-0.2, 0) is 13.0 Å². The van der Waals surface area contributed by atoms with Crippen LogP contribution >= 0.6 is 11.3 Å². The van der Waals surface area contributed by atoms with Gasteiger partial charge in [0.15, 0.2) is 11.6 Å². The second-order valence-electron chi connectivity index (χ2n) is 5.35. The zero-order chi connectivity index (χ0) is 16.6. The largest absolute Gasteiger partial charge is 0.357 e. The number of aliphatic imine (C=N–C) groups is 1. The average Bonchev–Trinajstić information content (AvgIpc) is 3.26. The summed E-state index contributed by atoms with van der Waals surface area (Å²) in [5, 5.41) is 17.2. The Morgan fingerprint density at radius 2 is 2.17 bits per heavy atom. The second-order valence-corrected chi connectivity index (χ2v) is 6.38. The van der Waals surface area contributed by atoms with E-state index >= 15 is 0 Å². The first-order valence-corrected chi connectivity index (χ1v) is 9.08. The lowest BCUT2D eigenvalue weighted by molar-refractivity contribution is 0.715. The van der Waals surface area contributed by atoms with Crippen LogP contribution in [0, 0.1) is 0 Å². The number of guanidine groups is 1. The van der Waals surface area contributed by atoms with E-state index in [1.165, 1.54) is 4.88 Å². The maximum atomic E-state index is 4.61. The van der Waals surface area contributed by atoms with Crippen molar-refractivity contribution in [1.29, 1.82) is 0 Å². The Bertz CT molecular complexity index is 777. The van der Waals surface area contributed by atoms with Gasteiger partial charge in [-0.2, -0.15) is 0 Å². The van der Waals surface area contributed by atoms with Crippen LogP contribution in [0.1, 0.15) is 24.0 Å².